The van der Waals surface area contributed by atoms with E-state index < -0.39 is 6.04 Å². The van der Waals surface area contributed by atoms with E-state index in [-0.39, 0.29) is 18.2 Å². The Morgan fingerprint density at radius 2 is 1.86 bits per heavy atom. The Balaban J connectivity index is 1.49. The normalized spacial score (nSPS) is 18.9. The van der Waals surface area contributed by atoms with Crippen molar-refractivity contribution in [1.29, 1.82) is 0 Å². The number of anilines is 2. The molecule has 2 aromatic carbocycles. The molecule has 9 heteroatoms. The first kappa shape index (κ1) is 27.4. The smallest absolute Gasteiger partial charge is 0.256 e. The number of likely N-dealkylation sites (tertiary alicyclic amines) is 1. The highest BCUT2D eigenvalue weighted by Crippen LogP contribution is 2.30. The lowest BCUT2D eigenvalue weighted by atomic mass is 9.99. The molecule has 0 aromatic heterocycles. The Kier molecular flexibility index (Phi) is 9.45. The average molecular weight is 541 g/mol. The first-order valence-corrected chi connectivity index (χ1v) is 14.6. The van der Waals surface area contributed by atoms with E-state index in [9.17, 15) is 9.59 Å². The minimum absolute atomic E-state index is 0.0297. The van der Waals surface area contributed by atoms with Gasteiger partial charge in [0.2, 0.25) is 5.91 Å². The van der Waals surface area contributed by atoms with Gasteiger partial charge in [-0.1, -0.05) is 13.0 Å². The molecule has 0 saturated carbocycles. The van der Waals surface area contributed by atoms with Crippen molar-refractivity contribution in [2.24, 2.45) is 5.92 Å². The van der Waals surface area contributed by atoms with Crippen LogP contribution < -0.4 is 15.0 Å². The predicted octanol–water partition coefficient (Wildman–Crippen LogP) is 4.87. The molecule has 0 bridgehead atoms. The fourth-order valence-electron chi connectivity index (χ4n) is 4.80. The number of piperidine rings is 1. The van der Waals surface area contributed by atoms with Crippen molar-refractivity contribution in [3.05, 3.63) is 48.5 Å². The molecule has 4 rings (SSSR count). The molecule has 2 fully saturated rings. The largest absolute Gasteiger partial charge is 0.494 e. The van der Waals surface area contributed by atoms with E-state index >= 15 is 0 Å². The van der Waals surface area contributed by atoms with E-state index in [1.807, 2.05) is 54.5 Å². The summed E-state index contributed by atoms with van der Waals surface area (Å²) in [6, 6.07) is 14.4. The monoisotopic (exact) mass is 540 g/mol. The van der Waals surface area contributed by atoms with Crippen LogP contribution in [0.4, 0.5) is 11.4 Å². The third-order valence-corrected chi connectivity index (χ3v) is 8.13. The Morgan fingerprint density at radius 1 is 1.14 bits per heavy atom. The van der Waals surface area contributed by atoms with Gasteiger partial charge in [-0.25, -0.2) is 0 Å². The highest BCUT2D eigenvalue weighted by molar-refractivity contribution is 7.98. The van der Waals surface area contributed by atoms with Gasteiger partial charge in [0.15, 0.2) is 5.11 Å². The molecule has 1 atom stereocenters. The zero-order chi connectivity index (χ0) is 26.4. The number of ether oxygens (including phenoxy) is 1. The maximum Gasteiger partial charge on any atom is 0.256 e. The van der Waals surface area contributed by atoms with Gasteiger partial charge in [-0.2, -0.15) is 0 Å². The number of benzene rings is 2. The number of hydrogen-bond donors (Lipinski definition) is 1. The van der Waals surface area contributed by atoms with Crippen molar-refractivity contribution in [2.75, 3.05) is 49.3 Å². The van der Waals surface area contributed by atoms with E-state index in [2.05, 4.69) is 17.1 Å². The number of nitrogens with zero attached hydrogens (tertiary/aromatic N) is 3. The second-order valence-corrected chi connectivity index (χ2v) is 10.8. The Hall–Kier alpha value is -2.62. The van der Waals surface area contributed by atoms with Gasteiger partial charge < -0.3 is 19.9 Å². The molecule has 2 heterocycles. The third kappa shape index (κ3) is 6.83. The van der Waals surface area contributed by atoms with E-state index in [4.69, 9.17) is 17.0 Å². The minimum atomic E-state index is -0.642. The van der Waals surface area contributed by atoms with Gasteiger partial charge in [-0.3, -0.25) is 14.5 Å². The van der Waals surface area contributed by atoms with Crippen LogP contribution in [0.2, 0.25) is 0 Å². The van der Waals surface area contributed by atoms with Crippen molar-refractivity contribution in [2.45, 2.75) is 44.0 Å². The molecular formula is C28H36N4O3S2. The first-order chi connectivity index (χ1) is 17.9. The van der Waals surface area contributed by atoms with Gasteiger partial charge in [0.1, 0.15) is 11.8 Å². The number of thioether (sulfide) groups is 1. The molecule has 2 aliphatic rings. The maximum absolute atomic E-state index is 13.7. The SMILES string of the molecule is CCOc1ccc(NC(=O)CC2C(=O)N(c3cccc(SC)c3)C(=S)N2CCN2CCC(C)CC2)cc1. The van der Waals surface area contributed by atoms with Crippen molar-refractivity contribution in [3.8, 4) is 5.75 Å². The van der Waals surface area contributed by atoms with Crippen LogP contribution in [0.5, 0.6) is 5.75 Å². The topological polar surface area (TPSA) is 65.1 Å². The van der Waals surface area contributed by atoms with Crippen LogP contribution in [0.15, 0.2) is 53.4 Å². The maximum atomic E-state index is 13.7. The summed E-state index contributed by atoms with van der Waals surface area (Å²) in [6.45, 7) is 8.34. The molecule has 2 aromatic rings. The Morgan fingerprint density at radius 3 is 2.54 bits per heavy atom. The van der Waals surface area contributed by atoms with Crippen molar-refractivity contribution < 1.29 is 14.3 Å². The van der Waals surface area contributed by atoms with Crippen LogP contribution >= 0.6 is 24.0 Å². The van der Waals surface area contributed by atoms with Gasteiger partial charge >= 0.3 is 0 Å². The average Bonchev–Trinajstić information content (AvgIpc) is 3.13. The molecule has 2 saturated heterocycles. The zero-order valence-electron chi connectivity index (χ0n) is 21.8. The van der Waals surface area contributed by atoms with Crippen molar-refractivity contribution >= 4 is 52.3 Å². The first-order valence-electron chi connectivity index (χ1n) is 12.9. The molecule has 2 amide bonds. The van der Waals surface area contributed by atoms with Crippen LogP contribution in [0, 0.1) is 5.92 Å². The minimum Gasteiger partial charge on any atom is -0.494 e. The third-order valence-electron chi connectivity index (χ3n) is 6.99. The second-order valence-electron chi connectivity index (χ2n) is 9.60. The number of thiocarbonyl (C=S) groups is 1. The summed E-state index contributed by atoms with van der Waals surface area (Å²) in [5.74, 6) is 1.13. The fourth-order valence-corrected chi connectivity index (χ4v) is 5.67. The molecule has 1 unspecified atom stereocenters. The summed E-state index contributed by atoms with van der Waals surface area (Å²) in [4.78, 5) is 33.8. The number of carbonyl (C=O) groups excluding carboxylic acids is 2. The highest BCUT2D eigenvalue weighted by atomic mass is 32.2. The van der Waals surface area contributed by atoms with Crippen molar-refractivity contribution in [1.82, 2.24) is 9.80 Å². The molecule has 2 aliphatic heterocycles. The van der Waals surface area contributed by atoms with Gasteiger partial charge in [0.05, 0.1) is 18.7 Å². The summed E-state index contributed by atoms with van der Waals surface area (Å²) >= 11 is 7.46. The van der Waals surface area contributed by atoms with Gasteiger partial charge in [0.25, 0.3) is 5.91 Å². The molecule has 0 aliphatic carbocycles. The Bertz CT molecular complexity index is 1100. The molecule has 1 N–H and O–H groups in total. The highest BCUT2D eigenvalue weighted by Gasteiger charge is 2.44. The van der Waals surface area contributed by atoms with Crippen LogP contribution in [0.25, 0.3) is 0 Å². The lowest BCUT2D eigenvalue weighted by molar-refractivity contribution is -0.124. The lowest BCUT2D eigenvalue weighted by Crippen LogP contribution is -2.44. The molecular weight excluding hydrogens is 504 g/mol. The standard InChI is InChI=1S/C28H36N4O3S2/c1-4-35-23-10-8-21(9-11-23)29-26(33)19-25-27(34)32(22-6-5-7-24(18-22)37-3)28(36)31(25)17-16-30-14-12-20(2)13-15-30/h5-11,18,20,25H,4,12-17,19H2,1-3H3,(H,29,33). The second kappa shape index (κ2) is 12.8. The molecule has 37 heavy (non-hydrogen) atoms. The van der Waals surface area contributed by atoms with Crippen LogP contribution in [0.3, 0.4) is 0 Å². The van der Waals surface area contributed by atoms with Crippen molar-refractivity contribution in [3.63, 3.8) is 0 Å². The van der Waals surface area contributed by atoms with Crippen LogP contribution in [-0.2, 0) is 9.59 Å². The molecule has 0 spiro atoms. The van der Waals surface area contributed by atoms with E-state index in [0.717, 1.165) is 41.9 Å². The van der Waals surface area contributed by atoms with Crippen LogP contribution in [0.1, 0.15) is 33.1 Å². The molecule has 198 valence electrons. The lowest BCUT2D eigenvalue weighted by Gasteiger charge is -2.32. The summed E-state index contributed by atoms with van der Waals surface area (Å²) in [5, 5.41) is 3.39. The number of hydrogen-bond acceptors (Lipinski definition) is 6. The summed E-state index contributed by atoms with van der Waals surface area (Å²) in [7, 11) is 0. The fraction of sp³-hybridized carbons (Fsp3) is 0.464. The predicted molar refractivity (Wildman–Crippen MR) is 154 cm³/mol. The summed E-state index contributed by atoms with van der Waals surface area (Å²) in [6.07, 6.45) is 4.40. The quantitative estimate of drug-likeness (QED) is 0.341. The zero-order valence-corrected chi connectivity index (χ0v) is 23.4. The Labute approximate surface area is 229 Å². The van der Waals surface area contributed by atoms with Crippen LogP contribution in [-0.4, -0.2) is 71.8 Å². The number of nitrogens with one attached hydrogen (secondary N) is 1. The van der Waals surface area contributed by atoms with E-state index in [0.29, 0.717) is 24.0 Å². The number of carbonyl (C=O) groups is 2. The number of amides is 2. The summed E-state index contributed by atoms with van der Waals surface area (Å²) < 4.78 is 5.48. The van der Waals surface area contributed by atoms with E-state index in [1.165, 1.54) is 12.8 Å². The molecule has 0 radical (unpaired) electrons. The van der Waals surface area contributed by atoms with Gasteiger partial charge in [-0.05, 0) is 99.7 Å². The van der Waals surface area contributed by atoms with E-state index in [1.54, 1.807) is 28.8 Å². The molecule has 7 nitrogen and oxygen atoms in total. The summed E-state index contributed by atoms with van der Waals surface area (Å²) in [5.41, 5.74) is 1.41. The van der Waals surface area contributed by atoms with Gasteiger partial charge in [0, 0.05) is 23.7 Å². The number of rotatable bonds is 10. The van der Waals surface area contributed by atoms with Gasteiger partial charge in [-0.15, -0.1) is 11.8 Å².